The molecule has 2 rings (SSSR count). The van der Waals surface area contributed by atoms with Gasteiger partial charge in [-0.1, -0.05) is 24.2 Å². The Hall–Kier alpha value is -2.37. The third-order valence-corrected chi connectivity index (χ3v) is 3.98. The first-order valence-corrected chi connectivity index (χ1v) is 8.13. The quantitative estimate of drug-likeness (QED) is 0.631. The Morgan fingerprint density at radius 2 is 2.12 bits per heavy atom. The zero-order chi connectivity index (χ0) is 17.5. The van der Waals surface area contributed by atoms with Crippen molar-refractivity contribution < 1.29 is 8.91 Å². The lowest BCUT2D eigenvalue weighted by Gasteiger charge is -2.16. The van der Waals surface area contributed by atoms with Gasteiger partial charge in [-0.05, 0) is 38.0 Å². The van der Waals surface area contributed by atoms with Crippen molar-refractivity contribution in [1.82, 2.24) is 15.8 Å². The van der Waals surface area contributed by atoms with E-state index in [2.05, 4.69) is 27.7 Å². The predicted molar refractivity (Wildman–Crippen MR) is 93.9 cm³/mol. The monoisotopic (exact) mass is 332 g/mol. The van der Waals surface area contributed by atoms with E-state index in [0.29, 0.717) is 6.54 Å². The van der Waals surface area contributed by atoms with Crippen LogP contribution in [0, 0.1) is 19.7 Å². The molecule has 1 heterocycles. The van der Waals surface area contributed by atoms with Crippen LogP contribution >= 0.6 is 0 Å². The molecular formula is C18H25FN4O. The average molecular weight is 332 g/mol. The van der Waals surface area contributed by atoms with Gasteiger partial charge in [-0.2, -0.15) is 0 Å². The van der Waals surface area contributed by atoms with Gasteiger partial charge in [0.1, 0.15) is 11.6 Å². The first kappa shape index (κ1) is 18.0. The molecule has 0 fully saturated rings. The molecule has 1 atom stereocenters. The summed E-state index contributed by atoms with van der Waals surface area (Å²) in [5.74, 6) is 1.64. The minimum Gasteiger partial charge on any atom is -0.361 e. The molecule has 0 bridgehead atoms. The van der Waals surface area contributed by atoms with Crippen molar-refractivity contribution in [2.75, 3.05) is 20.1 Å². The van der Waals surface area contributed by atoms with E-state index in [0.717, 1.165) is 41.5 Å². The summed E-state index contributed by atoms with van der Waals surface area (Å²) in [6, 6.07) is 6.65. The third kappa shape index (κ3) is 4.81. The van der Waals surface area contributed by atoms with Crippen molar-refractivity contribution >= 4 is 5.96 Å². The second kappa shape index (κ2) is 8.47. The Kier molecular flexibility index (Phi) is 6.35. The molecule has 0 amide bonds. The van der Waals surface area contributed by atoms with E-state index < -0.39 is 0 Å². The Bertz CT molecular complexity index is 677. The zero-order valence-electron chi connectivity index (χ0n) is 14.7. The van der Waals surface area contributed by atoms with Crippen LogP contribution in [0.1, 0.15) is 35.4 Å². The van der Waals surface area contributed by atoms with Gasteiger partial charge in [0.05, 0.1) is 5.69 Å². The first-order chi connectivity index (χ1) is 11.5. The molecule has 0 aliphatic heterocycles. The fourth-order valence-corrected chi connectivity index (χ4v) is 2.78. The molecule has 2 aromatic rings. The van der Waals surface area contributed by atoms with E-state index >= 15 is 0 Å². The van der Waals surface area contributed by atoms with Crippen LogP contribution in [-0.2, 0) is 6.42 Å². The summed E-state index contributed by atoms with van der Waals surface area (Å²) in [5.41, 5.74) is 3.02. The number of hydrogen-bond donors (Lipinski definition) is 2. The number of guanidine groups is 1. The molecule has 2 N–H and O–H groups in total. The van der Waals surface area contributed by atoms with Gasteiger partial charge < -0.3 is 15.2 Å². The Labute approximate surface area is 142 Å². The molecule has 5 nitrogen and oxygen atoms in total. The van der Waals surface area contributed by atoms with Crippen molar-refractivity contribution in [2.24, 2.45) is 4.99 Å². The SMILES string of the molecule is CN=C(NCCc1cccc(F)c1)NCC(C)c1c(C)noc1C. The normalized spacial score (nSPS) is 13.0. The molecule has 1 aromatic heterocycles. The highest BCUT2D eigenvalue weighted by Gasteiger charge is 2.16. The van der Waals surface area contributed by atoms with Gasteiger partial charge in [-0.15, -0.1) is 0 Å². The molecule has 1 aromatic carbocycles. The van der Waals surface area contributed by atoms with Gasteiger partial charge >= 0.3 is 0 Å². The Balaban J connectivity index is 1.80. The molecule has 0 aliphatic rings. The van der Waals surface area contributed by atoms with Crippen LogP contribution in [0.2, 0.25) is 0 Å². The molecule has 0 spiro atoms. The molecular weight excluding hydrogens is 307 g/mol. The number of benzene rings is 1. The van der Waals surface area contributed by atoms with Crippen LogP contribution in [-0.4, -0.2) is 31.3 Å². The minimum absolute atomic E-state index is 0.205. The number of halogens is 1. The van der Waals surface area contributed by atoms with E-state index in [4.69, 9.17) is 4.52 Å². The van der Waals surface area contributed by atoms with Crippen LogP contribution in [0.25, 0.3) is 0 Å². The summed E-state index contributed by atoms with van der Waals surface area (Å²) < 4.78 is 18.4. The highest BCUT2D eigenvalue weighted by molar-refractivity contribution is 5.79. The number of aliphatic imine (C=N–C) groups is 1. The van der Waals surface area contributed by atoms with E-state index in [1.807, 2.05) is 19.9 Å². The van der Waals surface area contributed by atoms with Crippen LogP contribution < -0.4 is 10.6 Å². The Morgan fingerprint density at radius 1 is 1.33 bits per heavy atom. The van der Waals surface area contributed by atoms with Gasteiger partial charge in [-0.3, -0.25) is 4.99 Å². The third-order valence-electron chi connectivity index (χ3n) is 3.98. The summed E-state index contributed by atoms with van der Waals surface area (Å²) >= 11 is 0. The molecule has 1 unspecified atom stereocenters. The smallest absolute Gasteiger partial charge is 0.191 e. The van der Waals surface area contributed by atoms with E-state index in [9.17, 15) is 4.39 Å². The topological polar surface area (TPSA) is 62.5 Å². The highest BCUT2D eigenvalue weighted by atomic mass is 19.1. The van der Waals surface area contributed by atoms with Gasteiger partial charge in [0.15, 0.2) is 5.96 Å². The van der Waals surface area contributed by atoms with Crippen LogP contribution in [0.3, 0.4) is 0 Å². The zero-order valence-corrected chi connectivity index (χ0v) is 14.7. The van der Waals surface area contributed by atoms with E-state index in [1.54, 1.807) is 19.2 Å². The number of hydrogen-bond acceptors (Lipinski definition) is 3. The van der Waals surface area contributed by atoms with Gasteiger partial charge in [-0.25, -0.2) is 4.39 Å². The summed E-state index contributed by atoms with van der Waals surface area (Å²) in [4.78, 5) is 4.22. The van der Waals surface area contributed by atoms with Gasteiger partial charge in [0.25, 0.3) is 0 Å². The molecule has 0 radical (unpaired) electrons. The standard InChI is InChI=1S/C18H25FN4O/c1-12(17-13(2)23-24-14(17)3)11-22-18(20-4)21-9-8-15-6-5-7-16(19)10-15/h5-7,10,12H,8-9,11H2,1-4H3,(H2,20,21,22). The molecule has 0 aliphatic carbocycles. The van der Waals surface area contributed by atoms with Crippen molar-refractivity contribution in [3.63, 3.8) is 0 Å². The number of rotatable bonds is 6. The summed E-state index contributed by atoms with van der Waals surface area (Å²) in [7, 11) is 1.73. The second-order valence-electron chi connectivity index (χ2n) is 5.90. The fraction of sp³-hybridized carbons (Fsp3) is 0.444. The maximum atomic E-state index is 13.2. The number of nitrogens with zero attached hydrogens (tertiary/aromatic N) is 2. The number of nitrogens with one attached hydrogen (secondary N) is 2. The van der Waals surface area contributed by atoms with Gasteiger partial charge in [0.2, 0.25) is 0 Å². The number of aryl methyl sites for hydroxylation is 2. The predicted octanol–water partition coefficient (Wildman–Crippen LogP) is 2.94. The number of aromatic nitrogens is 1. The van der Waals surface area contributed by atoms with E-state index in [-0.39, 0.29) is 11.7 Å². The van der Waals surface area contributed by atoms with Crippen molar-refractivity contribution in [3.05, 3.63) is 52.7 Å². The van der Waals surface area contributed by atoms with Crippen LogP contribution in [0.4, 0.5) is 4.39 Å². The fourth-order valence-electron chi connectivity index (χ4n) is 2.78. The molecule has 6 heteroatoms. The van der Waals surface area contributed by atoms with Crippen molar-refractivity contribution in [3.8, 4) is 0 Å². The lowest BCUT2D eigenvalue weighted by atomic mass is 10.00. The minimum atomic E-state index is -0.205. The molecule has 130 valence electrons. The Morgan fingerprint density at radius 3 is 2.75 bits per heavy atom. The summed E-state index contributed by atoms with van der Waals surface area (Å²) in [6.45, 7) is 7.41. The van der Waals surface area contributed by atoms with Crippen LogP contribution in [0.5, 0.6) is 0 Å². The maximum Gasteiger partial charge on any atom is 0.191 e. The first-order valence-electron chi connectivity index (χ1n) is 8.13. The highest BCUT2D eigenvalue weighted by Crippen LogP contribution is 2.22. The summed E-state index contributed by atoms with van der Waals surface area (Å²) in [5, 5.41) is 10.5. The second-order valence-corrected chi connectivity index (χ2v) is 5.90. The van der Waals surface area contributed by atoms with E-state index in [1.165, 1.54) is 6.07 Å². The van der Waals surface area contributed by atoms with Crippen molar-refractivity contribution in [2.45, 2.75) is 33.1 Å². The van der Waals surface area contributed by atoms with Crippen LogP contribution in [0.15, 0.2) is 33.8 Å². The van der Waals surface area contributed by atoms with Crippen molar-refractivity contribution in [1.29, 1.82) is 0 Å². The average Bonchev–Trinajstić information content (AvgIpc) is 2.89. The summed E-state index contributed by atoms with van der Waals surface area (Å²) in [6.07, 6.45) is 0.734. The molecule has 0 saturated heterocycles. The maximum absolute atomic E-state index is 13.2. The molecule has 24 heavy (non-hydrogen) atoms. The van der Waals surface area contributed by atoms with Gasteiger partial charge in [0, 0.05) is 31.6 Å². The lowest BCUT2D eigenvalue weighted by Crippen LogP contribution is -2.40. The lowest BCUT2D eigenvalue weighted by molar-refractivity contribution is 0.391. The molecule has 0 saturated carbocycles. The largest absolute Gasteiger partial charge is 0.361 e.